The number of aryl methyl sites for hydroxylation is 2. The third-order valence-electron chi connectivity index (χ3n) is 3.43. The number of nitrogens with zero attached hydrogens (tertiary/aromatic N) is 2. The monoisotopic (exact) mass is 351 g/mol. The Labute approximate surface area is 143 Å². The molecular weight excluding hydrogens is 330 g/mol. The molecule has 24 heavy (non-hydrogen) atoms. The van der Waals surface area contributed by atoms with Crippen LogP contribution in [-0.2, 0) is 16.1 Å². The number of esters is 1. The number of fused-ring (bicyclic) bond motifs is 1. The van der Waals surface area contributed by atoms with Gasteiger partial charge in [-0.25, -0.2) is 9.78 Å². The van der Waals surface area contributed by atoms with Gasteiger partial charge in [-0.3, -0.25) is 14.2 Å². The highest BCUT2D eigenvalue weighted by molar-refractivity contribution is 7.20. The van der Waals surface area contributed by atoms with E-state index in [1.807, 2.05) is 20.8 Å². The van der Waals surface area contributed by atoms with E-state index in [-0.39, 0.29) is 23.6 Å². The zero-order valence-electron chi connectivity index (χ0n) is 14.6. The fourth-order valence-electron chi connectivity index (χ4n) is 2.39. The van der Waals surface area contributed by atoms with Gasteiger partial charge in [0, 0.05) is 5.54 Å². The smallest absolute Gasteiger partial charge is 0.348 e. The molecule has 8 heteroatoms. The summed E-state index contributed by atoms with van der Waals surface area (Å²) in [4.78, 5) is 42.0. The van der Waals surface area contributed by atoms with Gasteiger partial charge in [-0.2, -0.15) is 0 Å². The van der Waals surface area contributed by atoms with Crippen molar-refractivity contribution in [3.05, 3.63) is 26.6 Å². The van der Waals surface area contributed by atoms with E-state index in [1.54, 1.807) is 13.8 Å². The van der Waals surface area contributed by atoms with Crippen LogP contribution in [0.3, 0.4) is 0 Å². The minimum atomic E-state index is -0.496. The third-order valence-corrected chi connectivity index (χ3v) is 4.59. The maximum absolute atomic E-state index is 12.8. The Kier molecular flexibility index (Phi) is 4.80. The molecule has 130 valence electrons. The maximum atomic E-state index is 12.8. The van der Waals surface area contributed by atoms with Gasteiger partial charge in [0.1, 0.15) is 22.1 Å². The van der Waals surface area contributed by atoms with Gasteiger partial charge >= 0.3 is 5.97 Å². The molecule has 0 radical (unpaired) electrons. The van der Waals surface area contributed by atoms with Crippen LogP contribution in [0.2, 0.25) is 0 Å². The molecule has 0 aliphatic heterocycles. The summed E-state index contributed by atoms with van der Waals surface area (Å²) in [6.07, 6.45) is 0. The topological polar surface area (TPSA) is 90.3 Å². The molecule has 0 aliphatic carbocycles. The highest BCUT2D eigenvalue weighted by atomic mass is 32.1. The summed E-state index contributed by atoms with van der Waals surface area (Å²) in [5.74, 6) is -0.339. The minimum Gasteiger partial charge on any atom is -0.465 e. The molecular formula is C16H21N3O4S. The van der Waals surface area contributed by atoms with Crippen LogP contribution in [0.4, 0.5) is 0 Å². The zero-order valence-corrected chi connectivity index (χ0v) is 15.5. The number of carbonyl (C=O) groups excluding carboxylic acids is 2. The Morgan fingerprint density at radius 1 is 1.29 bits per heavy atom. The number of thiophene rings is 1. The van der Waals surface area contributed by atoms with E-state index in [9.17, 15) is 14.4 Å². The molecule has 0 unspecified atom stereocenters. The summed E-state index contributed by atoms with van der Waals surface area (Å²) in [6, 6.07) is 0. The standard InChI is InChI=1S/C16H21N3O4S/c1-8-11-13(24-12(8)15(22)23-6)17-9(2)19(14(11)21)7-10(20)18-16(3,4)5/h7H2,1-6H3,(H,18,20). The van der Waals surface area contributed by atoms with E-state index in [0.717, 1.165) is 11.3 Å². The van der Waals surface area contributed by atoms with Gasteiger partial charge in [0.05, 0.1) is 12.5 Å². The SMILES string of the molecule is COC(=O)c1sc2nc(C)n(CC(=O)NC(C)(C)C)c(=O)c2c1C. The largest absolute Gasteiger partial charge is 0.465 e. The summed E-state index contributed by atoms with van der Waals surface area (Å²) in [5.41, 5.74) is -0.183. The van der Waals surface area contributed by atoms with Gasteiger partial charge in [0.2, 0.25) is 5.91 Å². The molecule has 0 aliphatic rings. The number of aromatic nitrogens is 2. The van der Waals surface area contributed by atoms with Crippen molar-refractivity contribution in [1.82, 2.24) is 14.9 Å². The number of rotatable bonds is 3. The average molecular weight is 351 g/mol. The fraction of sp³-hybridized carbons (Fsp3) is 0.500. The van der Waals surface area contributed by atoms with Crippen molar-refractivity contribution in [3.63, 3.8) is 0 Å². The highest BCUT2D eigenvalue weighted by Gasteiger charge is 2.22. The van der Waals surface area contributed by atoms with Crippen LogP contribution in [0.15, 0.2) is 4.79 Å². The molecule has 0 saturated carbocycles. The molecule has 2 aromatic heterocycles. The summed E-state index contributed by atoms with van der Waals surface area (Å²) in [6.45, 7) is 8.84. The van der Waals surface area contributed by atoms with Gasteiger partial charge in [-0.15, -0.1) is 11.3 Å². The van der Waals surface area contributed by atoms with Crippen molar-refractivity contribution in [3.8, 4) is 0 Å². The fourth-order valence-corrected chi connectivity index (χ4v) is 3.53. The molecule has 0 aromatic carbocycles. The Balaban J connectivity index is 2.53. The van der Waals surface area contributed by atoms with Crippen molar-refractivity contribution >= 4 is 33.4 Å². The molecule has 0 bridgehead atoms. The van der Waals surface area contributed by atoms with Gasteiger partial charge in [-0.1, -0.05) is 0 Å². The van der Waals surface area contributed by atoms with E-state index in [4.69, 9.17) is 4.74 Å². The normalized spacial score (nSPS) is 11.6. The Morgan fingerprint density at radius 3 is 2.46 bits per heavy atom. The Hall–Kier alpha value is -2.22. The Bertz CT molecular complexity index is 874. The van der Waals surface area contributed by atoms with Gasteiger partial charge in [-0.05, 0) is 40.2 Å². The predicted molar refractivity (Wildman–Crippen MR) is 92.6 cm³/mol. The molecule has 0 atom stereocenters. The van der Waals surface area contributed by atoms with E-state index in [2.05, 4.69) is 10.3 Å². The number of methoxy groups -OCH3 is 1. The minimum absolute atomic E-state index is 0.117. The average Bonchev–Trinajstić information content (AvgIpc) is 2.77. The van der Waals surface area contributed by atoms with Crippen LogP contribution in [0.1, 0.15) is 41.8 Å². The summed E-state index contributed by atoms with van der Waals surface area (Å²) in [5, 5.41) is 3.18. The zero-order chi connectivity index (χ0) is 18.2. The lowest BCUT2D eigenvalue weighted by Crippen LogP contribution is -2.43. The number of hydrogen-bond donors (Lipinski definition) is 1. The van der Waals surface area contributed by atoms with Crippen molar-refractivity contribution in [2.24, 2.45) is 0 Å². The number of carbonyl (C=O) groups is 2. The quantitative estimate of drug-likeness (QED) is 0.851. The second kappa shape index (κ2) is 6.35. The molecule has 1 N–H and O–H groups in total. The lowest BCUT2D eigenvalue weighted by molar-refractivity contribution is -0.123. The first-order chi connectivity index (χ1) is 11.0. The maximum Gasteiger partial charge on any atom is 0.348 e. The van der Waals surface area contributed by atoms with Crippen LogP contribution >= 0.6 is 11.3 Å². The van der Waals surface area contributed by atoms with Crippen molar-refractivity contribution < 1.29 is 14.3 Å². The lowest BCUT2D eigenvalue weighted by Gasteiger charge is -2.21. The molecule has 2 heterocycles. The first kappa shape index (κ1) is 18.1. The van der Waals surface area contributed by atoms with E-state index >= 15 is 0 Å². The predicted octanol–water partition coefficient (Wildman–Crippen LogP) is 1.78. The van der Waals surface area contributed by atoms with Crippen LogP contribution in [0.5, 0.6) is 0 Å². The van der Waals surface area contributed by atoms with Gasteiger partial charge < -0.3 is 10.1 Å². The molecule has 0 saturated heterocycles. The molecule has 7 nitrogen and oxygen atoms in total. The summed E-state index contributed by atoms with van der Waals surface area (Å²) in [7, 11) is 1.29. The second-order valence-electron chi connectivity index (χ2n) is 6.58. The number of ether oxygens (including phenoxy) is 1. The molecule has 0 spiro atoms. The van der Waals surface area contributed by atoms with E-state index in [0.29, 0.717) is 26.5 Å². The molecule has 2 aromatic rings. The van der Waals surface area contributed by atoms with Crippen LogP contribution in [0.25, 0.3) is 10.2 Å². The van der Waals surface area contributed by atoms with Crippen LogP contribution in [-0.4, -0.2) is 34.1 Å². The van der Waals surface area contributed by atoms with E-state index in [1.165, 1.54) is 11.7 Å². The Morgan fingerprint density at radius 2 is 1.92 bits per heavy atom. The first-order valence-corrected chi connectivity index (χ1v) is 8.26. The van der Waals surface area contributed by atoms with Crippen LogP contribution < -0.4 is 10.9 Å². The van der Waals surface area contributed by atoms with Gasteiger partial charge in [0.25, 0.3) is 5.56 Å². The summed E-state index contributed by atoms with van der Waals surface area (Å²) >= 11 is 1.12. The van der Waals surface area contributed by atoms with Crippen molar-refractivity contribution in [2.75, 3.05) is 7.11 Å². The molecule has 0 fully saturated rings. The third kappa shape index (κ3) is 3.48. The first-order valence-electron chi connectivity index (χ1n) is 7.45. The molecule has 2 rings (SSSR count). The lowest BCUT2D eigenvalue weighted by atomic mass is 10.1. The van der Waals surface area contributed by atoms with E-state index < -0.39 is 5.97 Å². The second-order valence-corrected chi connectivity index (χ2v) is 7.58. The van der Waals surface area contributed by atoms with Crippen molar-refractivity contribution in [2.45, 2.75) is 46.7 Å². The number of nitrogens with one attached hydrogen (secondary N) is 1. The van der Waals surface area contributed by atoms with Crippen LogP contribution in [0, 0.1) is 13.8 Å². The summed E-state index contributed by atoms with van der Waals surface area (Å²) < 4.78 is 6.06. The van der Waals surface area contributed by atoms with Gasteiger partial charge in [0.15, 0.2) is 0 Å². The number of hydrogen-bond acceptors (Lipinski definition) is 6. The van der Waals surface area contributed by atoms with Crippen molar-refractivity contribution in [1.29, 1.82) is 0 Å². The highest BCUT2D eigenvalue weighted by Crippen LogP contribution is 2.27. The molecule has 1 amide bonds. The number of amides is 1.